The number of ether oxygens (including phenoxy) is 1. The first-order valence-corrected chi connectivity index (χ1v) is 10.3. The summed E-state index contributed by atoms with van der Waals surface area (Å²) in [6, 6.07) is 1.55. The van der Waals surface area contributed by atoms with Gasteiger partial charge in [0, 0.05) is 37.0 Å². The van der Waals surface area contributed by atoms with Crippen LogP contribution in [0.15, 0.2) is 18.3 Å². The molecule has 8 nitrogen and oxygen atoms in total. The molecule has 11 heteroatoms. The molecular weight excluding hydrogens is 415 g/mol. The number of carbonyl (C=O) groups is 1. The monoisotopic (exact) mass is 437 g/mol. The maximum Gasteiger partial charge on any atom is 0.414 e. The summed E-state index contributed by atoms with van der Waals surface area (Å²) in [5.41, 5.74) is 1.32. The Hall–Kier alpha value is -2.79. The molecule has 1 aliphatic carbocycles. The number of halogens is 3. The Morgan fingerprint density at radius 3 is 2.65 bits per heavy atom. The number of nitrogens with one attached hydrogen (secondary N) is 1. The maximum absolute atomic E-state index is 13.6. The van der Waals surface area contributed by atoms with Crippen molar-refractivity contribution < 1.29 is 27.8 Å². The minimum Gasteiger partial charge on any atom is -0.449 e. The van der Waals surface area contributed by atoms with Crippen molar-refractivity contribution in [2.24, 2.45) is 0 Å². The molecule has 1 saturated carbocycles. The molecule has 2 aromatic rings. The molecule has 1 amide bonds. The second-order valence-corrected chi connectivity index (χ2v) is 8.05. The predicted octanol–water partition coefficient (Wildman–Crippen LogP) is 2.94. The average molecular weight is 437 g/mol. The van der Waals surface area contributed by atoms with Crippen LogP contribution in [-0.4, -0.2) is 51.4 Å². The van der Waals surface area contributed by atoms with Gasteiger partial charge in [0.2, 0.25) is 0 Å². The lowest BCUT2D eigenvalue weighted by atomic mass is 10.1. The van der Waals surface area contributed by atoms with Crippen LogP contribution in [0.25, 0.3) is 0 Å². The fourth-order valence-electron chi connectivity index (χ4n) is 4.84. The molecule has 0 bridgehead atoms. The average Bonchev–Trinajstić information content (AvgIpc) is 3.38. The van der Waals surface area contributed by atoms with E-state index in [4.69, 9.17) is 4.74 Å². The van der Waals surface area contributed by atoms with Crippen LogP contribution in [0.1, 0.15) is 37.4 Å². The van der Waals surface area contributed by atoms with Gasteiger partial charge in [-0.25, -0.2) is 22.9 Å². The van der Waals surface area contributed by atoms with E-state index in [-0.39, 0.29) is 24.3 Å². The van der Waals surface area contributed by atoms with Crippen molar-refractivity contribution >= 4 is 17.5 Å². The molecular formula is C20H22F3N5O3. The minimum absolute atomic E-state index is 0.00329. The Bertz CT molecular complexity index is 993. The number of rotatable bonds is 4. The van der Waals surface area contributed by atoms with Crippen molar-refractivity contribution in [2.45, 2.75) is 50.7 Å². The lowest BCUT2D eigenvalue weighted by Gasteiger charge is -2.41. The summed E-state index contributed by atoms with van der Waals surface area (Å²) in [4.78, 5) is 15.6. The van der Waals surface area contributed by atoms with Crippen LogP contribution in [0.2, 0.25) is 0 Å². The van der Waals surface area contributed by atoms with E-state index >= 15 is 0 Å². The molecule has 3 heterocycles. The summed E-state index contributed by atoms with van der Waals surface area (Å²) in [6.45, 7) is 1.16. The van der Waals surface area contributed by atoms with E-state index in [0.717, 1.165) is 37.1 Å². The van der Waals surface area contributed by atoms with E-state index in [9.17, 15) is 23.1 Å². The van der Waals surface area contributed by atoms with E-state index in [1.807, 2.05) is 4.68 Å². The minimum atomic E-state index is -1.56. The fourth-order valence-corrected chi connectivity index (χ4v) is 4.84. The number of cyclic esters (lactones) is 1. The van der Waals surface area contributed by atoms with Gasteiger partial charge >= 0.3 is 6.09 Å². The van der Waals surface area contributed by atoms with Crippen LogP contribution in [0.4, 0.5) is 29.3 Å². The first-order chi connectivity index (χ1) is 14.9. The second-order valence-electron chi connectivity index (χ2n) is 8.05. The van der Waals surface area contributed by atoms with Gasteiger partial charge in [-0.15, -0.1) is 0 Å². The number of aliphatic hydroxyl groups excluding tert-OH is 1. The molecule has 1 saturated heterocycles. The Labute approximate surface area is 176 Å². The van der Waals surface area contributed by atoms with Crippen LogP contribution in [0.5, 0.6) is 0 Å². The van der Waals surface area contributed by atoms with Crippen LogP contribution >= 0.6 is 0 Å². The van der Waals surface area contributed by atoms with E-state index < -0.39 is 29.9 Å². The van der Waals surface area contributed by atoms with Crippen molar-refractivity contribution in [2.75, 3.05) is 23.4 Å². The van der Waals surface area contributed by atoms with Gasteiger partial charge in [-0.05, 0) is 25.7 Å². The van der Waals surface area contributed by atoms with Gasteiger partial charge < -0.3 is 15.2 Å². The molecule has 31 heavy (non-hydrogen) atoms. The van der Waals surface area contributed by atoms with Gasteiger partial charge in [0.1, 0.15) is 0 Å². The number of carbonyl (C=O) groups excluding carboxylic acids is 1. The molecule has 0 spiro atoms. The zero-order valence-corrected chi connectivity index (χ0v) is 16.6. The summed E-state index contributed by atoms with van der Waals surface area (Å²) in [5.74, 6) is -4.23. The molecule has 5 rings (SSSR count). The third-order valence-electron chi connectivity index (χ3n) is 6.25. The van der Waals surface area contributed by atoms with Crippen LogP contribution in [0.3, 0.4) is 0 Å². The summed E-state index contributed by atoms with van der Waals surface area (Å²) in [6.07, 6.45) is 3.24. The first-order valence-electron chi connectivity index (χ1n) is 10.3. The molecule has 3 atom stereocenters. The molecule has 166 valence electrons. The quantitative estimate of drug-likeness (QED) is 0.566. The van der Waals surface area contributed by atoms with E-state index in [1.54, 1.807) is 16.0 Å². The SMILES string of the molecule is O=C1OCCCN1c1cnn2c1CN(C(O)Nc1cc(F)c(F)c(F)c1)[C@H]1CCC[C@H]12. The van der Waals surface area contributed by atoms with Gasteiger partial charge in [-0.1, -0.05) is 0 Å². The highest BCUT2D eigenvalue weighted by Gasteiger charge is 2.43. The lowest BCUT2D eigenvalue weighted by Crippen LogP contribution is -2.52. The van der Waals surface area contributed by atoms with Crippen molar-refractivity contribution in [1.29, 1.82) is 0 Å². The number of aliphatic hydroxyl groups is 1. The number of nitrogens with zero attached hydrogens (tertiary/aromatic N) is 4. The Morgan fingerprint density at radius 1 is 1.16 bits per heavy atom. The number of hydrogen-bond acceptors (Lipinski definition) is 6. The molecule has 3 aliphatic rings. The Kier molecular flexibility index (Phi) is 5.01. The largest absolute Gasteiger partial charge is 0.449 e. The summed E-state index contributed by atoms with van der Waals surface area (Å²) in [7, 11) is 0. The molecule has 1 unspecified atom stereocenters. The lowest BCUT2D eigenvalue weighted by molar-refractivity contribution is -0.0361. The molecule has 1 aromatic heterocycles. The van der Waals surface area contributed by atoms with Crippen molar-refractivity contribution in [1.82, 2.24) is 14.7 Å². The normalized spacial score (nSPS) is 24.5. The predicted molar refractivity (Wildman–Crippen MR) is 104 cm³/mol. The summed E-state index contributed by atoms with van der Waals surface area (Å²) >= 11 is 0. The van der Waals surface area contributed by atoms with Crippen LogP contribution in [0, 0.1) is 17.5 Å². The number of aromatic nitrogens is 2. The van der Waals surface area contributed by atoms with Crippen molar-refractivity contribution in [3.63, 3.8) is 0 Å². The van der Waals surface area contributed by atoms with Crippen LogP contribution in [-0.2, 0) is 11.3 Å². The second kappa shape index (κ2) is 7.72. The number of amides is 1. The summed E-state index contributed by atoms with van der Waals surface area (Å²) in [5, 5.41) is 18.1. The zero-order valence-electron chi connectivity index (χ0n) is 16.6. The first kappa shape index (κ1) is 20.1. The standard InChI is InChI=1S/C20H22F3N5O3/c21-12-7-11(8-13(22)18(12)23)25-19(29)27-10-17-16(26-5-2-6-31-20(26)30)9-24-28(17)15-4-1-3-14(15)27/h7-9,14-15,19,25,29H,1-6,10H2/t14-,15+,19?/m0/s1. The van der Waals surface area contributed by atoms with E-state index in [2.05, 4.69) is 10.4 Å². The fraction of sp³-hybridized carbons (Fsp3) is 0.500. The number of anilines is 2. The van der Waals surface area contributed by atoms with Gasteiger partial charge in [0.05, 0.1) is 30.2 Å². The molecule has 1 aromatic carbocycles. The summed E-state index contributed by atoms with van der Waals surface area (Å²) < 4.78 is 47.5. The number of benzene rings is 1. The Morgan fingerprint density at radius 2 is 1.90 bits per heavy atom. The van der Waals surface area contributed by atoms with Gasteiger partial charge in [0.25, 0.3) is 0 Å². The maximum atomic E-state index is 13.6. The zero-order chi connectivity index (χ0) is 21.7. The van der Waals surface area contributed by atoms with E-state index in [0.29, 0.717) is 25.3 Å². The molecule has 2 N–H and O–H groups in total. The smallest absolute Gasteiger partial charge is 0.414 e. The van der Waals surface area contributed by atoms with Gasteiger partial charge in [-0.3, -0.25) is 9.58 Å². The number of fused-ring (bicyclic) bond motifs is 3. The van der Waals surface area contributed by atoms with Crippen molar-refractivity contribution in [3.8, 4) is 0 Å². The molecule has 2 fully saturated rings. The molecule has 0 radical (unpaired) electrons. The van der Waals surface area contributed by atoms with Crippen LogP contribution < -0.4 is 10.2 Å². The molecule has 2 aliphatic heterocycles. The Balaban J connectivity index is 1.44. The topological polar surface area (TPSA) is 82.9 Å². The third kappa shape index (κ3) is 3.41. The van der Waals surface area contributed by atoms with E-state index in [1.165, 1.54) is 0 Å². The van der Waals surface area contributed by atoms with Gasteiger partial charge in [-0.2, -0.15) is 5.10 Å². The highest BCUT2D eigenvalue weighted by atomic mass is 19.2. The van der Waals surface area contributed by atoms with Gasteiger partial charge in [0.15, 0.2) is 23.8 Å². The highest BCUT2D eigenvalue weighted by Crippen LogP contribution is 2.42. The third-order valence-corrected chi connectivity index (χ3v) is 6.25. The number of hydrogen-bond donors (Lipinski definition) is 2. The van der Waals surface area contributed by atoms with Crippen molar-refractivity contribution in [3.05, 3.63) is 41.5 Å². The highest BCUT2D eigenvalue weighted by molar-refractivity contribution is 5.88.